The zero-order valence-corrected chi connectivity index (χ0v) is 15.0. The van der Waals surface area contributed by atoms with Crippen molar-refractivity contribution in [3.8, 4) is 0 Å². The first-order valence-electron chi connectivity index (χ1n) is 8.37. The molecule has 2 aromatic heterocycles. The lowest BCUT2D eigenvalue weighted by Crippen LogP contribution is -2.32. The van der Waals surface area contributed by atoms with Gasteiger partial charge in [0.25, 0.3) is 0 Å². The van der Waals surface area contributed by atoms with Crippen molar-refractivity contribution >= 4 is 21.1 Å². The van der Waals surface area contributed by atoms with Crippen LogP contribution in [0.15, 0.2) is 36.8 Å². The number of nitrogens with zero attached hydrogens (tertiary/aromatic N) is 3. The second-order valence-electron chi connectivity index (χ2n) is 6.42. The van der Waals surface area contributed by atoms with E-state index in [4.69, 9.17) is 8.94 Å². The van der Waals surface area contributed by atoms with Gasteiger partial charge in [0.2, 0.25) is 15.9 Å². The molecule has 1 aliphatic rings. The summed E-state index contributed by atoms with van der Waals surface area (Å²) in [7, 11) is -3.66. The van der Waals surface area contributed by atoms with E-state index in [1.165, 1.54) is 16.7 Å². The molecule has 0 bridgehead atoms. The van der Waals surface area contributed by atoms with Crippen LogP contribution in [0.3, 0.4) is 0 Å². The van der Waals surface area contributed by atoms with Crippen molar-refractivity contribution in [2.24, 2.45) is 0 Å². The predicted octanol–water partition coefficient (Wildman–Crippen LogP) is 1.56. The molecule has 26 heavy (non-hydrogen) atoms. The van der Waals surface area contributed by atoms with Crippen LogP contribution in [0.1, 0.15) is 37.4 Å². The van der Waals surface area contributed by atoms with E-state index in [1.54, 1.807) is 13.0 Å². The molecule has 2 heterocycles. The Morgan fingerprint density at radius 2 is 2.08 bits per heavy atom. The third-order valence-electron chi connectivity index (χ3n) is 4.50. The summed E-state index contributed by atoms with van der Waals surface area (Å²) in [6.45, 7) is 1.73. The summed E-state index contributed by atoms with van der Waals surface area (Å²) in [5.74, 6) is 0.125. The summed E-state index contributed by atoms with van der Waals surface area (Å²) >= 11 is 0. The maximum atomic E-state index is 12.5. The molecule has 1 aromatic carbocycles. The van der Waals surface area contributed by atoms with Gasteiger partial charge in [-0.25, -0.2) is 17.9 Å². The zero-order valence-electron chi connectivity index (χ0n) is 14.1. The minimum atomic E-state index is -3.66. The maximum absolute atomic E-state index is 12.5. The SMILES string of the molecule is Cc1nc(Cn2c(=O)oc3cc(S(=O)(=O)NC4CCCC4)ccc32)no1. The van der Waals surface area contributed by atoms with Gasteiger partial charge in [0.05, 0.1) is 17.0 Å². The molecule has 138 valence electrons. The van der Waals surface area contributed by atoms with Gasteiger partial charge in [-0.2, -0.15) is 4.98 Å². The van der Waals surface area contributed by atoms with Gasteiger partial charge in [-0.05, 0) is 25.0 Å². The van der Waals surface area contributed by atoms with Crippen LogP contribution in [0.5, 0.6) is 0 Å². The Balaban J connectivity index is 1.67. The Hall–Kier alpha value is -2.46. The van der Waals surface area contributed by atoms with Gasteiger partial charge in [-0.1, -0.05) is 18.0 Å². The highest BCUT2D eigenvalue weighted by molar-refractivity contribution is 7.89. The highest BCUT2D eigenvalue weighted by Crippen LogP contribution is 2.23. The van der Waals surface area contributed by atoms with Crippen LogP contribution in [0.4, 0.5) is 0 Å². The molecule has 4 rings (SSSR count). The standard InChI is InChI=1S/C16H18N4O5S/c1-10-17-15(18-25-10)9-20-13-7-6-12(8-14(13)24-16(20)21)26(22,23)19-11-4-2-3-5-11/h6-8,11,19H,2-5,9H2,1H3. The topological polar surface area (TPSA) is 120 Å². The van der Waals surface area contributed by atoms with Gasteiger partial charge >= 0.3 is 5.76 Å². The average molecular weight is 378 g/mol. The molecule has 0 radical (unpaired) electrons. The normalized spacial score (nSPS) is 15.9. The van der Waals surface area contributed by atoms with Crippen molar-refractivity contribution in [2.75, 3.05) is 0 Å². The molecule has 0 unspecified atom stereocenters. The largest absolute Gasteiger partial charge is 0.420 e. The lowest BCUT2D eigenvalue weighted by molar-refractivity contribution is 0.385. The quantitative estimate of drug-likeness (QED) is 0.715. The van der Waals surface area contributed by atoms with Crippen LogP contribution in [-0.4, -0.2) is 29.2 Å². The summed E-state index contributed by atoms with van der Waals surface area (Å²) in [5.41, 5.74) is 0.668. The maximum Gasteiger partial charge on any atom is 0.420 e. The number of aryl methyl sites for hydroxylation is 1. The molecular formula is C16H18N4O5S. The van der Waals surface area contributed by atoms with E-state index >= 15 is 0 Å². The second kappa shape index (κ2) is 6.36. The first kappa shape index (κ1) is 17.0. The van der Waals surface area contributed by atoms with Crippen LogP contribution in [0.2, 0.25) is 0 Å². The molecule has 1 fully saturated rings. The van der Waals surface area contributed by atoms with E-state index in [-0.39, 0.29) is 23.1 Å². The van der Waals surface area contributed by atoms with Crippen molar-refractivity contribution in [3.05, 3.63) is 40.5 Å². The highest BCUT2D eigenvalue weighted by Gasteiger charge is 2.24. The molecule has 1 N–H and O–H groups in total. The Labute approximate surface area is 149 Å². The number of hydrogen-bond acceptors (Lipinski definition) is 7. The van der Waals surface area contributed by atoms with Crippen molar-refractivity contribution in [3.63, 3.8) is 0 Å². The summed E-state index contributed by atoms with van der Waals surface area (Å²) in [4.78, 5) is 16.3. The fourth-order valence-electron chi connectivity index (χ4n) is 3.24. The van der Waals surface area contributed by atoms with E-state index in [0.29, 0.717) is 17.2 Å². The molecule has 0 amide bonds. The van der Waals surface area contributed by atoms with E-state index in [0.717, 1.165) is 25.7 Å². The van der Waals surface area contributed by atoms with Crippen molar-refractivity contribution in [1.29, 1.82) is 0 Å². The first-order chi connectivity index (χ1) is 12.4. The number of fused-ring (bicyclic) bond motifs is 1. The summed E-state index contributed by atoms with van der Waals surface area (Å²) in [5, 5.41) is 3.76. The minimum absolute atomic E-state index is 0.0335. The highest BCUT2D eigenvalue weighted by atomic mass is 32.2. The molecule has 1 aliphatic carbocycles. The van der Waals surface area contributed by atoms with E-state index in [9.17, 15) is 13.2 Å². The number of rotatable bonds is 5. The van der Waals surface area contributed by atoms with Crippen LogP contribution in [0.25, 0.3) is 11.1 Å². The number of sulfonamides is 1. The van der Waals surface area contributed by atoms with Gasteiger partial charge < -0.3 is 8.94 Å². The smallest absolute Gasteiger partial charge is 0.408 e. The molecule has 0 aliphatic heterocycles. The number of aromatic nitrogens is 3. The van der Waals surface area contributed by atoms with Crippen molar-refractivity contribution in [2.45, 2.75) is 50.1 Å². The Bertz CT molecular complexity index is 1110. The third kappa shape index (κ3) is 3.17. The molecule has 3 aromatic rings. The van der Waals surface area contributed by atoms with Gasteiger partial charge in [-0.15, -0.1) is 0 Å². The number of hydrogen-bond donors (Lipinski definition) is 1. The Kier molecular flexibility index (Phi) is 4.16. The monoisotopic (exact) mass is 378 g/mol. The van der Waals surface area contributed by atoms with E-state index < -0.39 is 15.8 Å². The molecular weight excluding hydrogens is 360 g/mol. The van der Waals surface area contributed by atoms with Gasteiger partial charge in [0, 0.05) is 19.0 Å². The van der Waals surface area contributed by atoms with Crippen molar-refractivity contribution < 1.29 is 17.4 Å². The van der Waals surface area contributed by atoms with Crippen LogP contribution >= 0.6 is 0 Å². The molecule has 10 heteroatoms. The van der Waals surface area contributed by atoms with Gasteiger partial charge in [0.15, 0.2) is 11.4 Å². The number of benzene rings is 1. The van der Waals surface area contributed by atoms with E-state index in [2.05, 4.69) is 14.9 Å². The second-order valence-corrected chi connectivity index (χ2v) is 8.13. The minimum Gasteiger partial charge on any atom is -0.408 e. The average Bonchev–Trinajstić information content (AvgIpc) is 3.29. The van der Waals surface area contributed by atoms with Gasteiger partial charge in [-0.3, -0.25) is 4.57 Å². The lowest BCUT2D eigenvalue weighted by atomic mass is 10.3. The Morgan fingerprint density at radius 1 is 1.31 bits per heavy atom. The first-order valence-corrected chi connectivity index (χ1v) is 9.85. The zero-order chi connectivity index (χ0) is 18.3. The van der Waals surface area contributed by atoms with E-state index in [1.807, 2.05) is 0 Å². The fraction of sp³-hybridized carbons (Fsp3) is 0.438. The number of oxazole rings is 1. The summed E-state index contributed by atoms with van der Waals surface area (Å²) < 4.78 is 39.3. The summed E-state index contributed by atoms with van der Waals surface area (Å²) in [6.07, 6.45) is 3.74. The van der Waals surface area contributed by atoms with Crippen LogP contribution < -0.4 is 10.5 Å². The summed E-state index contributed by atoms with van der Waals surface area (Å²) in [6, 6.07) is 4.35. The molecule has 0 atom stereocenters. The fourth-order valence-corrected chi connectivity index (χ4v) is 4.56. The predicted molar refractivity (Wildman–Crippen MR) is 91.2 cm³/mol. The molecule has 9 nitrogen and oxygen atoms in total. The number of nitrogens with one attached hydrogen (secondary N) is 1. The molecule has 1 saturated carbocycles. The third-order valence-corrected chi connectivity index (χ3v) is 6.01. The lowest BCUT2D eigenvalue weighted by Gasteiger charge is -2.12. The van der Waals surface area contributed by atoms with Gasteiger partial charge in [0.1, 0.15) is 0 Å². The molecule has 0 spiro atoms. The van der Waals surface area contributed by atoms with Crippen molar-refractivity contribution in [1.82, 2.24) is 19.4 Å². The Morgan fingerprint density at radius 3 is 2.77 bits per heavy atom. The van der Waals surface area contributed by atoms with Crippen LogP contribution in [-0.2, 0) is 16.6 Å². The van der Waals surface area contributed by atoms with Crippen LogP contribution in [0, 0.1) is 6.92 Å². The molecule has 0 saturated heterocycles.